The second-order valence-corrected chi connectivity index (χ2v) is 8.38. The van der Waals surface area contributed by atoms with Crippen LogP contribution in [-0.2, 0) is 30.3 Å². The molecule has 32 heavy (non-hydrogen) atoms. The van der Waals surface area contributed by atoms with Crippen molar-refractivity contribution < 1.29 is 31.4 Å². The van der Waals surface area contributed by atoms with Crippen LogP contribution in [0.2, 0.25) is 0 Å². The van der Waals surface area contributed by atoms with E-state index < -0.39 is 5.78 Å². The van der Waals surface area contributed by atoms with E-state index in [4.69, 9.17) is 16.4 Å². The fraction of sp³-hybridized carbons (Fsp3) is 0.222. The fourth-order valence-corrected chi connectivity index (χ4v) is 4.43. The van der Waals surface area contributed by atoms with Gasteiger partial charge in [-0.3, -0.25) is 9.78 Å². The Balaban J connectivity index is 0.000000297. The van der Waals surface area contributed by atoms with Gasteiger partial charge in [-0.2, -0.15) is 0 Å². The molecule has 0 atom stereocenters. The van der Waals surface area contributed by atoms with Crippen LogP contribution in [0.5, 0.6) is 0 Å². The molecule has 5 heteroatoms. The number of rotatable bonds is 1. The minimum Gasteiger partial charge on any atom is -0.512 e. The largest absolute Gasteiger partial charge is 0.512 e. The predicted octanol–water partition coefficient (Wildman–Crippen LogP) is 6.23. The van der Waals surface area contributed by atoms with Crippen molar-refractivity contribution in [2.45, 2.75) is 40.0 Å². The zero-order valence-corrected chi connectivity index (χ0v) is 21.1. The van der Waals surface area contributed by atoms with Gasteiger partial charge in [0.05, 0.1) is 12.6 Å². The second-order valence-electron chi connectivity index (χ2n) is 8.38. The number of ketones is 1. The van der Waals surface area contributed by atoms with Gasteiger partial charge in [0, 0.05) is 38.0 Å². The van der Waals surface area contributed by atoms with E-state index in [1.807, 2.05) is 12.3 Å². The summed E-state index contributed by atoms with van der Waals surface area (Å²) in [4.78, 5) is 19.6. The van der Waals surface area contributed by atoms with Gasteiger partial charge in [0.2, 0.25) is 0 Å². The number of carbonyl (C=O) groups is 1. The molecule has 1 N–H and O–H groups in total. The van der Waals surface area contributed by atoms with Crippen molar-refractivity contribution in [2.75, 3.05) is 0 Å². The molecule has 0 fully saturated rings. The molecule has 0 bridgehead atoms. The van der Waals surface area contributed by atoms with Crippen molar-refractivity contribution >= 4 is 27.5 Å². The maximum absolute atomic E-state index is 10.2. The van der Waals surface area contributed by atoms with Crippen LogP contribution in [0.25, 0.3) is 32.9 Å². The normalized spacial score (nSPS) is 14.3. The van der Waals surface area contributed by atoms with Crippen molar-refractivity contribution in [3.63, 3.8) is 0 Å². The van der Waals surface area contributed by atoms with Crippen molar-refractivity contribution in [3.05, 3.63) is 83.4 Å². The van der Waals surface area contributed by atoms with Gasteiger partial charge in [-0.05, 0) is 55.0 Å². The average Bonchev–Trinajstić information content (AvgIpc) is 2.76. The average molecular weight is 603 g/mol. The van der Waals surface area contributed by atoms with Crippen LogP contribution >= 0.6 is 0 Å². The molecule has 0 amide bonds. The number of aliphatic hydroxyl groups excluding tert-OH is 1. The number of nitrogens with zero attached hydrogens (tertiary/aromatic N) is 2. The summed E-state index contributed by atoms with van der Waals surface area (Å²) < 4.78 is 6.76. The van der Waals surface area contributed by atoms with Gasteiger partial charge in [-0.15, -0.1) is 23.3 Å². The number of pyridine rings is 2. The number of carbonyl (C=O) groups excluding carboxylic acids is 1. The molecule has 0 unspecified atom stereocenters. The van der Waals surface area contributed by atoms with Crippen LogP contribution in [0.1, 0.15) is 45.9 Å². The van der Waals surface area contributed by atoms with E-state index in [1.165, 1.54) is 41.1 Å². The smallest absolute Gasteiger partial charge is 0.155 e. The number of hydrogen-bond acceptors (Lipinski definition) is 4. The van der Waals surface area contributed by atoms with Crippen molar-refractivity contribution in [1.29, 1.82) is 0 Å². The summed E-state index contributed by atoms with van der Waals surface area (Å²) in [5.41, 5.74) is 6.71. The summed E-state index contributed by atoms with van der Waals surface area (Å²) in [7, 11) is 0. The van der Waals surface area contributed by atoms with Crippen molar-refractivity contribution in [2.24, 2.45) is 0 Å². The molecule has 1 aliphatic rings. The van der Waals surface area contributed by atoms with Gasteiger partial charge in [0.15, 0.2) is 5.78 Å². The summed E-state index contributed by atoms with van der Waals surface area (Å²) >= 11 is 0. The Labute approximate surface area is 203 Å². The van der Waals surface area contributed by atoms with Gasteiger partial charge < -0.3 is 10.1 Å². The van der Waals surface area contributed by atoms with Crippen LogP contribution in [0.15, 0.2) is 60.5 Å². The molecule has 5 rings (SSSR count). The Bertz CT molecular complexity index is 1420. The van der Waals surface area contributed by atoms with E-state index in [0.29, 0.717) is 0 Å². The SMILES string of the molecule is Cc1cc2c3c(nccc3n1)-c1[c-]cc3ccccc3c1C2(C)C.[2H]/C(C(C)=O)=C(\C)O.[Ir]. The molecule has 4 aromatic rings. The van der Waals surface area contributed by atoms with Crippen molar-refractivity contribution in [1.82, 2.24) is 9.97 Å². The first kappa shape index (κ1) is 22.3. The number of aliphatic hydroxyl groups is 1. The predicted molar refractivity (Wildman–Crippen MR) is 125 cm³/mol. The Morgan fingerprint density at radius 1 is 1.22 bits per heavy atom. The number of aryl methyl sites for hydroxylation is 1. The molecule has 165 valence electrons. The third-order valence-corrected chi connectivity index (χ3v) is 5.59. The molecular weight excluding hydrogens is 577 g/mol. The summed E-state index contributed by atoms with van der Waals surface area (Å²) in [5.74, 6) is -0.637. The first-order valence-corrected chi connectivity index (χ1v) is 10.2. The molecule has 0 aliphatic heterocycles. The Kier molecular flexibility index (Phi) is 6.23. The molecule has 0 saturated carbocycles. The number of benzene rings is 2. The summed E-state index contributed by atoms with van der Waals surface area (Å²) in [5, 5.41) is 12.2. The molecule has 2 heterocycles. The number of aromatic nitrogens is 2. The number of allylic oxidation sites excluding steroid dienone is 2. The molecule has 0 spiro atoms. The van der Waals surface area contributed by atoms with Crippen LogP contribution in [0, 0.1) is 13.0 Å². The Morgan fingerprint density at radius 2 is 1.94 bits per heavy atom. The summed E-state index contributed by atoms with van der Waals surface area (Å²) in [6.45, 7) is 9.22. The zero-order chi connectivity index (χ0) is 23.2. The Morgan fingerprint density at radius 3 is 2.59 bits per heavy atom. The standard InChI is InChI=1S/C22H17N2.C5H8O2.Ir/c1-13-12-17-19-18(24-13)10-11-23-21(19)16-9-8-14-6-4-5-7-15(14)20(16)22(17,2)3;1-4(6)3-5(2)7;/h4-8,10-12H,1-3H3;3,6H,1-2H3;/q-1;;/b;4-3-;/i;3D;. The monoisotopic (exact) mass is 603 g/mol. The van der Waals surface area contributed by atoms with Crippen LogP contribution in [-0.4, -0.2) is 20.9 Å². The maximum atomic E-state index is 10.2. The minimum absolute atomic E-state index is 0. The minimum atomic E-state index is -0.412. The summed E-state index contributed by atoms with van der Waals surface area (Å²) in [6.07, 6.45) is 1.86. The summed E-state index contributed by atoms with van der Waals surface area (Å²) in [6, 6.07) is 18.1. The van der Waals surface area contributed by atoms with Gasteiger partial charge in [0.25, 0.3) is 0 Å². The van der Waals surface area contributed by atoms with Crippen LogP contribution < -0.4 is 0 Å². The molecule has 1 radical (unpaired) electrons. The number of hydrogen-bond donors (Lipinski definition) is 1. The van der Waals surface area contributed by atoms with Crippen LogP contribution in [0.4, 0.5) is 0 Å². The van der Waals surface area contributed by atoms with E-state index in [-0.39, 0.29) is 37.3 Å². The second kappa shape index (κ2) is 8.93. The van der Waals surface area contributed by atoms with Crippen LogP contribution in [0.3, 0.4) is 0 Å². The quantitative estimate of drug-likeness (QED) is 0.159. The van der Waals surface area contributed by atoms with Gasteiger partial charge in [-0.25, -0.2) is 0 Å². The molecular formula is C27H25IrN2O2-. The first-order valence-electron chi connectivity index (χ1n) is 10.7. The van der Waals surface area contributed by atoms with Gasteiger partial charge in [0.1, 0.15) is 0 Å². The van der Waals surface area contributed by atoms with E-state index in [0.717, 1.165) is 22.5 Å². The number of fused-ring (bicyclic) bond motifs is 4. The Hall–Kier alpha value is -2.88. The molecule has 1 aliphatic carbocycles. The maximum Gasteiger partial charge on any atom is 0.155 e. The first-order chi connectivity index (χ1) is 15.1. The van der Waals surface area contributed by atoms with Gasteiger partial charge in [-0.1, -0.05) is 48.9 Å². The van der Waals surface area contributed by atoms with E-state index in [9.17, 15) is 4.79 Å². The molecule has 0 saturated heterocycles. The zero-order valence-electron chi connectivity index (χ0n) is 19.7. The third-order valence-electron chi connectivity index (χ3n) is 5.59. The van der Waals surface area contributed by atoms with E-state index >= 15 is 0 Å². The van der Waals surface area contributed by atoms with E-state index in [2.05, 4.69) is 63.2 Å². The van der Waals surface area contributed by atoms with Gasteiger partial charge >= 0.3 is 0 Å². The van der Waals surface area contributed by atoms with E-state index in [1.54, 1.807) is 0 Å². The van der Waals surface area contributed by atoms with Crippen molar-refractivity contribution in [3.8, 4) is 11.3 Å². The molecule has 2 aromatic heterocycles. The molecule has 4 nitrogen and oxygen atoms in total. The third kappa shape index (κ3) is 4.11. The topological polar surface area (TPSA) is 63.1 Å². The fourth-order valence-electron chi connectivity index (χ4n) is 4.43. The molecule has 2 aromatic carbocycles.